The van der Waals surface area contributed by atoms with Gasteiger partial charge in [0.1, 0.15) is 0 Å². The Morgan fingerprint density at radius 2 is 1.30 bits per heavy atom. The third-order valence-corrected chi connectivity index (χ3v) is 5.97. The molecule has 0 heterocycles. The van der Waals surface area contributed by atoms with Crippen LogP contribution in [0, 0.1) is 19.8 Å². The molecule has 0 saturated heterocycles. The lowest BCUT2D eigenvalue weighted by atomic mass is 10.1. The predicted octanol–water partition coefficient (Wildman–Crippen LogP) is 4.12. The topological polar surface area (TPSA) is 43.4 Å². The van der Waals surface area contributed by atoms with E-state index in [1.54, 1.807) is 24.3 Å². The SMILES string of the molecule is Cc1ccc(P(=O)(OC(=O)CC(C)C)c2ccc(C)cc2)cc1. The summed E-state index contributed by atoms with van der Waals surface area (Å²) in [7, 11) is -3.43. The number of aryl methyl sites for hydroxylation is 2. The van der Waals surface area contributed by atoms with Gasteiger partial charge in [-0.1, -0.05) is 49.2 Å². The lowest BCUT2D eigenvalue weighted by molar-refractivity contribution is -0.134. The Kier molecular flexibility index (Phi) is 5.43. The van der Waals surface area contributed by atoms with Gasteiger partial charge in [0.2, 0.25) is 0 Å². The van der Waals surface area contributed by atoms with Crippen molar-refractivity contribution in [3.8, 4) is 0 Å². The third kappa shape index (κ3) is 4.33. The van der Waals surface area contributed by atoms with E-state index in [0.717, 1.165) is 11.1 Å². The van der Waals surface area contributed by atoms with Gasteiger partial charge < -0.3 is 4.52 Å². The summed E-state index contributed by atoms with van der Waals surface area (Å²) in [5.74, 6) is -0.267. The molecule has 2 aromatic carbocycles. The van der Waals surface area contributed by atoms with Crippen LogP contribution in [0.1, 0.15) is 31.4 Å². The first-order chi connectivity index (χ1) is 10.8. The zero-order chi connectivity index (χ0) is 17.0. The van der Waals surface area contributed by atoms with Gasteiger partial charge in [0.25, 0.3) is 0 Å². The quantitative estimate of drug-likeness (QED) is 0.775. The van der Waals surface area contributed by atoms with E-state index >= 15 is 0 Å². The van der Waals surface area contributed by atoms with Crippen LogP contribution in [0.25, 0.3) is 0 Å². The van der Waals surface area contributed by atoms with Gasteiger partial charge in [0, 0.05) is 6.42 Å². The van der Waals surface area contributed by atoms with Crippen molar-refractivity contribution in [3.63, 3.8) is 0 Å². The summed E-state index contributed by atoms with van der Waals surface area (Å²) in [5, 5.41) is 1.09. The number of carbonyl (C=O) groups is 1. The van der Waals surface area contributed by atoms with Gasteiger partial charge in [-0.3, -0.25) is 9.36 Å². The van der Waals surface area contributed by atoms with Crippen LogP contribution in [0.15, 0.2) is 48.5 Å². The van der Waals surface area contributed by atoms with Crippen LogP contribution in [-0.4, -0.2) is 5.97 Å². The van der Waals surface area contributed by atoms with Crippen molar-refractivity contribution in [3.05, 3.63) is 59.7 Å². The van der Waals surface area contributed by atoms with Crippen molar-refractivity contribution < 1.29 is 13.9 Å². The monoisotopic (exact) mass is 330 g/mol. The third-order valence-electron chi connectivity index (χ3n) is 3.55. The first kappa shape index (κ1) is 17.5. The largest absolute Gasteiger partial charge is 0.405 e. The Labute approximate surface area is 138 Å². The Morgan fingerprint density at radius 3 is 1.65 bits per heavy atom. The van der Waals surface area contributed by atoms with E-state index < -0.39 is 13.3 Å². The molecule has 2 rings (SSSR count). The van der Waals surface area contributed by atoms with E-state index in [4.69, 9.17) is 4.52 Å². The maximum absolute atomic E-state index is 13.6. The molecule has 4 heteroatoms. The van der Waals surface area contributed by atoms with Gasteiger partial charge in [-0.2, -0.15) is 0 Å². The molecule has 0 fully saturated rings. The Morgan fingerprint density at radius 1 is 0.913 bits per heavy atom. The molecule has 122 valence electrons. The van der Waals surface area contributed by atoms with E-state index in [-0.39, 0.29) is 12.3 Å². The minimum absolute atomic E-state index is 0.159. The molecule has 0 atom stereocenters. The molecule has 0 N–H and O–H groups in total. The zero-order valence-electron chi connectivity index (χ0n) is 14.1. The second-order valence-electron chi connectivity index (χ2n) is 6.28. The van der Waals surface area contributed by atoms with E-state index in [1.165, 1.54) is 0 Å². The van der Waals surface area contributed by atoms with Gasteiger partial charge in [0.15, 0.2) is 0 Å². The molecule has 0 bridgehead atoms. The number of hydrogen-bond donors (Lipinski definition) is 0. The lowest BCUT2D eigenvalue weighted by Gasteiger charge is -2.20. The summed E-state index contributed by atoms with van der Waals surface area (Å²) in [4.78, 5) is 12.2. The normalized spacial score (nSPS) is 11.5. The van der Waals surface area contributed by atoms with E-state index in [0.29, 0.717) is 10.6 Å². The Bertz CT molecular complexity index is 666. The Hall–Kier alpha value is -1.86. The molecule has 0 saturated carbocycles. The van der Waals surface area contributed by atoms with Crippen molar-refractivity contribution >= 4 is 23.9 Å². The molecule has 0 amide bonds. The standard InChI is InChI=1S/C19H23O3P/c1-14(2)13-19(20)22-23(21,17-9-5-15(3)6-10-17)18-11-7-16(4)8-12-18/h5-12,14H,13H2,1-4H3. The van der Waals surface area contributed by atoms with Crippen LogP contribution in [0.4, 0.5) is 0 Å². The highest BCUT2D eigenvalue weighted by atomic mass is 31.2. The van der Waals surface area contributed by atoms with Crippen molar-refractivity contribution in [1.82, 2.24) is 0 Å². The highest BCUT2D eigenvalue weighted by Gasteiger charge is 2.32. The highest BCUT2D eigenvalue weighted by Crippen LogP contribution is 2.45. The fraction of sp³-hybridized carbons (Fsp3) is 0.316. The van der Waals surface area contributed by atoms with Crippen LogP contribution in [0.5, 0.6) is 0 Å². The van der Waals surface area contributed by atoms with Crippen molar-refractivity contribution in [2.24, 2.45) is 5.92 Å². The van der Waals surface area contributed by atoms with Gasteiger partial charge in [-0.15, -0.1) is 0 Å². The number of hydrogen-bond acceptors (Lipinski definition) is 3. The molecule has 0 aliphatic rings. The fourth-order valence-corrected chi connectivity index (χ4v) is 4.20. The predicted molar refractivity (Wildman–Crippen MR) is 94.8 cm³/mol. The summed E-state index contributed by atoms with van der Waals surface area (Å²) >= 11 is 0. The van der Waals surface area contributed by atoms with Crippen molar-refractivity contribution in [2.45, 2.75) is 34.1 Å². The summed E-state index contributed by atoms with van der Waals surface area (Å²) < 4.78 is 19.1. The molecular weight excluding hydrogens is 307 g/mol. The van der Waals surface area contributed by atoms with Crippen LogP contribution < -0.4 is 10.6 Å². The molecule has 0 aliphatic heterocycles. The molecule has 2 aromatic rings. The smallest absolute Gasteiger partial charge is 0.311 e. The maximum Gasteiger partial charge on any atom is 0.311 e. The van der Waals surface area contributed by atoms with Crippen LogP contribution in [0.3, 0.4) is 0 Å². The highest BCUT2D eigenvalue weighted by molar-refractivity contribution is 7.74. The number of rotatable bonds is 5. The number of carbonyl (C=O) groups excluding carboxylic acids is 1. The first-order valence-corrected chi connectivity index (χ1v) is 9.40. The van der Waals surface area contributed by atoms with Crippen molar-refractivity contribution in [1.29, 1.82) is 0 Å². The summed E-state index contributed by atoms with van der Waals surface area (Å²) in [6.07, 6.45) is 0.252. The minimum atomic E-state index is -3.43. The molecule has 0 aliphatic carbocycles. The molecule has 3 nitrogen and oxygen atoms in total. The molecule has 0 spiro atoms. The molecule has 23 heavy (non-hydrogen) atoms. The van der Waals surface area contributed by atoms with Gasteiger partial charge in [-0.25, -0.2) is 0 Å². The average Bonchev–Trinajstić information content (AvgIpc) is 2.47. The van der Waals surface area contributed by atoms with E-state index in [2.05, 4.69) is 0 Å². The molecule has 0 aromatic heterocycles. The lowest BCUT2D eigenvalue weighted by Crippen LogP contribution is -2.21. The van der Waals surface area contributed by atoms with Crippen LogP contribution >= 0.6 is 7.37 Å². The van der Waals surface area contributed by atoms with Crippen molar-refractivity contribution in [2.75, 3.05) is 0 Å². The minimum Gasteiger partial charge on any atom is -0.405 e. The first-order valence-electron chi connectivity index (χ1n) is 7.78. The van der Waals surface area contributed by atoms with E-state index in [1.807, 2.05) is 52.0 Å². The summed E-state index contributed by atoms with van der Waals surface area (Å²) in [6, 6.07) is 14.6. The van der Waals surface area contributed by atoms with Crippen LogP contribution in [0.2, 0.25) is 0 Å². The van der Waals surface area contributed by atoms with E-state index in [9.17, 15) is 9.36 Å². The van der Waals surface area contributed by atoms with Gasteiger partial charge in [0.05, 0.1) is 10.6 Å². The maximum atomic E-state index is 13.6. The summed E-state index contributed by atoms with van der Waals surface area (Å²) in [6.45, 7) is 7.80. The summed E-state index contributed by atoms with van der Waals surface area (Å²) in [5.41, 5.74) is 2.13. The Balaban J connectivity index is 2.45. The average molecular weight is 330 g/mol. The fourth-order valence-electron chi connectivity index (χ4n) is 2.25. The molecule has 0 unspecified atom stereocenters. The molecule has 0 radical (unpaired) electrons. The molecular formula is C19H23O3P. The van der Waals surface area contributed by atoms with Gasteiger partial charge >= 0.3 is 13.3 Å². The second-order valence-corrected chi connectivity index (χ2v) is 8.60. The van der Waals surface area contributed by atoms with Gasteiger partial charge in [-0.05, 0) is 44.0 Å². The number of benzene rings is 2. The second kappa shape index (κ2) is 7.14. The van der Waals surface area contributed by atoms with Crippen LogP contribution in [-0.2, 0) is 13.9 Å². The zero-order valence-corrected chi connectivity index (χ0v) is 15.0.